The number of aliphatic carboxylic acids is 1. The number of rotatable bonds is 8. The van der Waals surface area contributed by atoms with Gasteiger partial charge in [0, 0.05) is 35.9 Å². The van der Waals surface area contributed by atoms with Crippen molar-refractivity contribution in [2.75, 3.05) is 16.8 Å². The van der Waals surface area contributed by atoms with E-state index in [1.165, 1.54) is 10.7 Å². The fraction of sp³-hybridized carbons (Fsp3) is 0.185. The molecule has 1 unspecified atom stereocenters. The number of benzene rings is 2. The SMILES string of the molecule is CCC1=C(C(=O)O)C(c2ccccc2F)n2nc(Nc3ccc(Oc4ccncc4)cc3)nc2N1CC. The highest BCUT2D eigenvalue weighted by Gasteiger charge is 2.39. The maximum Gasteiger partial charge on any atom is 0.335 e. The summed E-state index contributed by atoms with van der Waals surface area (Å²) in [6, 6.07) is 16.0. The van der Waals surface area contributed by atoms with Crippen molar-refractivity contribution in [1.29, 1.82) is 0 Å². The molecule has 0 fully saturated rings. The summed E-state index contributed by atoms with van der Waals surface area (Å²) < 4.78 is 22.2. The van der Waals surface area contributed by atoms with Gasteiger partial charge in [0.05, 0.1) is 5.57 Å². The molecular weight excluding hydrogens is 475 g/mol. The fourth-order valence-electron chi connectivity index (χ4n) is 4.49. The molecule has 1 atom stereocenters. The van der Waals surface area contributed by atoms with Crippen molar-refractivity contribution in [2.24, 2.45) is 0 Å². The Hall–Kier alpha value is -4.73. The molecule has 3 heterocycles. The monoisotopic (exact) mass is 500 g/mol. The predicted molar refractivity (Wildman–Crippen MR) is 137 cm³/mol. The smallest absolute Gasteiger partial charge is 0.335 e. The second kappa shape index (κ2) is 10.1. The lowest BCUT2D eigenvalue weighted by atomic mass is 9.93. The van der Waals surface area contributed by atoms with Crippen LogP contribution in [0.2, 0.25) is 0 Å². The summed E-state index contributed by atoms with van der Waals surface area (Å²) in [4.78, 5) is 22.9. The minimum absolute atomic E-state index is 0.0796. The van der Waals surface area contributed by atoms with Crippen molar-refractivity contribution < 1.29 is 19.0 Å². The van der Waals surface area contributed by atoms with Gasteiger partial charge in [-0.05, 0) is 55.8 Å². The number of halogens is 1. The first-order valence-corrected chi connectivity index (χ1v) is 11.9. The molecule has 0 bridgehead atoms. The van der Waals surface area contributed by atoms with Gasteiger partial charge in [-0.3, -0.25) is 4.98 Å². The van der Waals surface area contributed by atoms with E-state index in [0.29, 0.717) is 41.8 Å². The van der Waals surface area contributed by atoms with Crippen molar-refractivity contribution in [1.82, 2.24) is 19.7 Å². The zero-order valence-electron chi connectivity index (χ0n) is 20.3. The maximum absolute atomic E-state index is 14.9. The molecule has 10 heteroatoms. The Balaban J connectivity index is 1.50. The minimum atomic E-state index is -1.12. The van der Waals surface area contributed by atoms with Gasteiger partial charge in [0.15, 0.2) is 0 Å². The van der Waals surface area contributed by atoms with E-state index in [-0.39, 0.29) is 17.1 Å². The van der Waals surface area contributed by atoms with Crippen LogP contribution in [0.15, 0.2) is 84.3 Å². The van der Waals surface area contributed by atoms with Gasteiger partial charge in [-0.25, -0.2) is 13.9 Å². The van der Waals surface area contributed by atoms with Crippen LogP contribution in [0.3, 0.4) is 0 Å². The van der Waals surface area contributed by atoms with Crippen LogP contribution in [0, 0.1) is 5.82 Å². The van der Waals surface area contributed by atoms with Gasteiger partial charge >= 0.3 is 5.97 Å². The summed E-state index contributed by atoms with van der Waals surface area (Å²) in [7, 11) is 0. The zero-order chi connectivity index (χ0) is 25.9. The molecular formula is C27H25FN6O3. The van der Waals surface area contributed by atoms with Crippen molar-refractivity contribution in [2.45, 2.75) is 26.3 Å². The number of hydrogen-bond acceptors (Lipinski definition) is 7. The van der Waals surface area contributed by atoms with E-state index in [2.05, 4.69) is 20.4 Å². The highest BCUT2D eigenvalue weighted by molar-refractivity contribution is 5.91. The maximum atomic E-state index is 14.9. The van der Waals surface area contributed by atoms with Gasteiger partial charge in [0.1, 0.15) is 23.4 Å². The molecule has 1 aliphatic rings. The number of ether oxygens (including phenoxy) is 1. The number of carboxylic acid groups (broad SMARTS) is 1. The molecule has 5 rings (SSSR count). The molecule has 0 saturated carbocycles. The van der Waals surface area contributed by atoms with E-state index in [1.807, 2.05) is 30.9 Å². The molecule has 4 aromatic rings. The Morgan fingerprint density at radius 3 is 2.41 bits per heavy atom. The summed E-state index contributed by atoms with van der Waals surface area (Å²) in [6.07, 6.45) is 3.75. The van der Waals surface area contributed by atoms with Crippen LogP contribution in [-0.4, -0.2) is 37.4 Å². The van der Waals surface area contributed by atoms with Crippen molar-refractivity contribution in [3.63, 3.8) is 0 Å². The molecule has 2 N–H and O–H groups in total. The zero-order valence-corrected chi connectivity index (χ0v) is 20.3. The lowest BCUT2D eigenvalue weighted by Gasteiger charge is -2.35. The Bertz CT molecular complexity index is 1450. The first-order chi connectivity index (χ1) is 18.0. The molecule has 0 spiro atoms. The second-order valence-corrected chi connectivity index (χ2v) is 8.30. The number of carboxylic acids is 1. The fourth-order valence-corrected chi connectivity index (χ4v) is 4.49. The number of anilines is 3. The van der Waals surface area contributed by atoms with Crippen LogP contribution in [0.5, 0.6) is 11.5 Å². The quantitative estimate of drug-likeness (QED) is 0.326. The molecule has 0 amide bonds. The molecule has 188 valence electrons. The van der Waals surface area contributed by atoms with Crippen LogP contribution in [0.25, 0.3) is 0 Å². The summed E-state index contributed by atoms with van der Waals surface area (Å²) in [5.41, 5.74) is 1.58. The molecule has 2 aromatic carbocycles. The molecule has 1 aliphatic heterocycles. The van der Waals surface area contributed by atoms with E-state index in [0.717, 1.165) is 0 Å². The van der Waals surface area contributed by atoms with E-state index < -0.39 is 17.8 Å². The number of pyridine rings is 1. The second-order valence-electron chi connectivity index (χ2n) is 8.30. The Kier molecular flexibility index (Phi) is 6.55. The van der Waals surface area contributed by atoms with E-state index in [4.69, 9.17) is 4.74 Å². The van der Waals surface area contributed by atoms with Gasteiger partial charge in [0.2, 0.25) is 11.9 Å². The van der Waals surface area contributed by atoms with Crippen LogP contribution >= 0.6 is 0 Å². The summed E-state index contributed by atoms with van der Waals surface area (Å²) in [5, 5.41) is 17.9. The molecule has 0 saturated heterocycles. The largest absolute Gasteiger partial charge is 0.478 e. The number of aromatic nitrogens is 4. The minimum Gasteiger partial charge on any atom is -0.478 e. The number of nitrogens with zero attached hydrogens (tertiary/aromatic N) is 5. The Morgan fingerprint density at radius 1 is 1.05 bits per heavy atom. The van der Waals surface area contributed by atoms with Crippen LogP contribution in [0.1, 0.15) is 31.9 Å². The van der Waals surface area contributed by atoms with E-state index >= 15 is 0 Å². The van der Waals surface area contributed by atoms with Crippen LogP contribution in [-0.2, 0) is 4.79 Å². The first-order valence-electron chi connectivity index (χ1n) is 11.9. The average Bonchev–Trinajstić information content (AvgIpc) is 3.32. The number of allylic oxidation sites excluding steroid dienone is 1. The normalized spacial score (nSPS) is 14.9. The Morgan fingerprint density at radius 2 is 1.76 bits per heavy atom. The molecule has 2 aromatic heterocycles. The van der Waals surface area contributed by atoms with Crippen LogP contribution < -0.4 is 15.0 Å². The van der Waals surface area contributed by atoms with Gasteiger partial charge in [-0.1, -0.05) is 25.1 Å². The highest BCUT2D eigenvalue weighted by Crippen LogP contribution is 2.41. The van der Waals surface area contributed by atoms with Gasteiger partial charge in [-0.15, -0.1) is 5.10 Å². The molecule has 0 aliphatic carbocycles. The first kappa shape index (κ1) is 24.0. The lowest BCUT2D eigenvalue weighted by Crippen LogP contribution is -2.37. The third-order valence-electron chi connectivity index (χ3n) is 6.09. The summed E-state index contributed by atoms with van der Waals surface area (Å²) >= 11 is 0. The number of fused-ring (bicyclic) bond motifs is 1. The van der Waals surface area contributed by atoms with Crippen molar-refractivity contribution >= 4 is 23.6 Å². The van der Waals surface area contributed by atoms with E-state index in [9.17, 15) is 14.3 Å². The van der Waals surface area contributed by atoms with Crippen molar-refractivity contribution in [3.8, 4) is 11.5 Å². The summed E-state index contributed by atoms with van der Waals surface area (Å²) in [5.74, 6) is 0.397. The molecule has 37 heavy (non-hydrogen) atoms. The predicted octanol–water partition coefficient (Wildman–Crippen LogP) is 5.53. The summed E-state index contributed by atoms with van der Waals surface area (Å²) in [6.45, 7) is 4.26. The lowest BCUT2D eigenvalue weighted by molar-refractivity contribution is -0.133. The average molecular weight is 501 g/mol. The molecule has 0 radical (unpaired) electrons. The third-order valence-corrected chi connectivity index (χ3v) is 6.09. The van der Waals surface area contributed by atoms with E-state index in [1.54, 1.807) is 54.9 Å². The van der Waals surface area contributed by atoms with Gasteiger partial charge < -0.3 is 20.1 Å². The van der Waals surface area contributed by atoms with Crippen LogP contribution in [0.4, 0.5) is 22.0 Å². The van der Waals surface area contributed by atoms with Crippen molar-refractivity contribution in [3.05, 3.63) is 95.7 Å². The number of hydrogen-bond donors (Lipinski definition) is 2. The Labute approximate surface area is 212 Å². The number of nitrogens with one attached hydrogen (secondary N) is 1. The standard InChI is InChI=1S/C27H25FN6O3/c1-3-22-23(25(35)36)24(20-7-5-6-8-21(20)28)34-27(33(22)4-2)31-26(32-34)30-17-9-11-18(12-10-17)37-19-13-15-29-16-14-19/h5-16,24H,3-4H2,1-2H3,(H,30,32)(H,35,36). The highest BCUT2D eigenvalue weighted by atomic mass is 19.1. The molecule has 9 nitrogen and oxygen atoms in total. The van der Waals surface area contributed by atoms with Gasteiger partial charge in [0.25, 0.3) is 0 Å². The van der Waals surface area contributed by atoms with Gasteiger partial charge in [-0.2, -0.15) is 4.98 Å². The topological polar surface area (TPSA) is 105 Å². The number of carbonyl (C=O) groups is 1. The third kappa shape index (κ3) is 4.61.